The maximum absolute atomic E-state index is 13.1. The molecular formula is C22H23F3N2O5. The van der Waals surface area contributed by atoms with E-state index in [-0.39, 0.29) is 35.9 Å². The Balaban J connectivity index is 1.51. The van der Waals surface area contributed by atoms with Crippen molar-refractivity contribution < 1.29 is 36.9 Å². The zero-order chi connectivity index (χ0) is 22.9. The number of ether oxygens (including phenoxy) is 4. The number of hydrogen-bond donors (Lipinski definition) is 0. The van der Waals surface area contributed by atoms with Crippen molar-refractivity contribution in [2.24, 2.45) is 0 Å². The number of piperidine rings is 1. The van der Waals surface area contributed by atoms with Gasteiger partial charge in [0.2, 0.25) is 0 Å². The zero-order valence-corrected chi connectivity index (χ0v) is 17.6. The quantitative estimate of drug-likeness (QED) is 0.691. The van der Waals surface area contributed by atoms with Gasteiger partial charge in [-0.15, -0.1) is 0 Å². The number of alkyl halides is 3. The van der Waals surface area contributed by atoms with Crippen molar-refractivity contribution in [1.29, 1.82) is 0 Å². The summed E-state index contributed by atoms with van der Waals surface area (Å²) in [6, 6.07) is 9.70. The standard InChI is InChI=1S/C22H23F3N2O5/c1-14(22(23,24)25)32-16-7-6-15(11-17(16)29-2)20(28)27-10-8-21(18-5-3-4-9-26-18)19(12-27)30-13-31-21/h3-7,9,11,14,19H,8,10,12-13H2,1-2H3/t14?,19-,21-/m1/s1. The number of benzene rings is 1. The first-order chi connectivity index (χ1) is 15.2. The first-order valence-corrected chi connectivity index (χ1v) is 10.1. The van der Waals surface area contributed by atoms with Gasteiger partial charge < -0.3 is 23.8 Å². The Hall–Kier alpha value is -2.85. The van der Waals surface area contributed by atoms with Crippen molar-refractivity contribution >= 4 is 5.91 Å². The van der Waals surface area contributed by atoms with Crippen molar-refractivity contribution in [2.45, 2.75) is 37.3 Å². The summed E-state index contributed by atoms with van der Waals surface area (Å²) in [5.74, 6) is -0.328. The van der Waals surface area contributed by atoms with Crippen molar-refractivity contribution in [3.05, 3.63) is 53.9 Å². The monoisotopic (exact) mass is 452 g/mol. The summed E-state index contributed by atoms with van der Waals surface area (Å²) >= 11 is 0. The van der Waals surface area contributed by atoms with E-state index in [1.807, 2.05) is 18.2 Å². The van der Waals surface area contributed by atoms with Gasteiger partial charge in [-0.3, -0.25) is 9.78 Å². The maximum atomic E-state index is 13.1. The summed E-state index contributed by atoms with van der Waals surface area (Å²) in [6.07, 6.45) is -4.72. The second-order valence-electron chi connectivity index (χ2n) is 7.69. The first-order valence-electron chi connectivity index (χ1n) is 10.1. The van der Waals surface area contributed by atoms with E-state index in [0.29, 0.717) is 19.5 Å². The third kappa shape index (κ3) is 4.12. The Morgan fingerprint density at radius 2 is 2.09 bits per heavy atom. The molecule has 1 aromatic carbocycles. The zero-order valence-electron chi connectivity index (χ0n) is 17.6. The van der Waals surface area contributed by atoms with Crippen LogP contribution in [0.25, 0.3) is 0 Å². The summed E-state index contributed by atoms with van der Waals surface area (Å²) in [5.41, 5.74) is 0.330. The normalized spacial score (nSPS) is 24.0. The number of hydrogen-bond acceptors (Lipinski definition) is 6. The highest BCUT2D eigenvalue weighted by Gasteiger charge is 2.52. The van der Waals surface area contributed by atoms with Crippen LogP contribution in [0.15, 0.2) is 42.6 Å². The van der Waals surface area contributed by atoms with Crippen LogP contribution >= 0.6 is 0 Å². The van der Waals surface area contributed by atoms with Gasteiger partial charge >= 0.3 is 6.18 Å². The lowest BCUT2D eigenvalue weighted by molar-refractivity contribution is -0.189. The smallest absolute Gasteiger partial charge is 0.425 e. The van der Waals surface area contributed by atoms with E-state index >= 15 is 0 Å². The summed E-state index contributed by atoms with van der Waals surface area (Å²) in [4.78, 5) is 19.2. The molecule has 2 aliphatic rings. The minimum absolute atomic E-state index is 0.0484. The molecule has 1 aromatic heterocycles. The lowest BCUT2D eigenvalue weighted by Crippen LogP contribution is -2.53. The van der Waals surface area contributed by atoms with E-state index in [4.69, 9.17) is 18.9 Å². The highest BCUT2D eigenvalue weighted by Crippen LogP contribution is 2.42. The fraction of sp³-hybridized carbons (Fsp3) is 0.455. The molecule has 7 nitrogen and oxygen atoms in total. The molecule has 10 heteroatoms. The molecule has 0 aliphatic carbocycles. The van der Waals surface area contributed by atoms with Gasteiger partial charge in [0.25, 0.3) is 5.91 Å². The molecule has 2 aromatic rings. The number of pyridine rings is 1. The third-order valence-electron chi connectivity index (χ3n) is 5.81. The second kappa shape index (κ2) is 8.59. The predicted molar refractivity (Wildman–Crippen MR) is 106 cm³/mol. The lowest BCUT2D eigenvalue weighted by Gasteiger charge is -2.41. The third-order valence-corrected chi connectivity index (χ3v) is 5.81. The van der Waals surface area contributed by atoms with E-state index in [2.05, 4.69) is 4.98 Å². The Morgan fingerprint density at radius 1 is 1.28 bits per heavy atom. The van der Waals surface area contributed by atoms with Gasteiger partial charge in [0.05, 0.1) is 19.3 Å². The first kappa shape index (κ1) is 22.3. The minimum Gasteiger partial charge on any atom is -0.493 e. The molecule has 0 saturated carbocycles. The van der Waals surface area contributed by atoms with Crippen molar-refractivity contribution in [1.82, 2.24) is 9.88 Å². The molecule has 32 heavy (non-hydrogen) atoms. The van der Waals surface area contributed by atoms with E-state index < -0.39 is 17.9 Å². The van der Waals surface area contributed by atoms with Crippen LogP contribution in [-0.4, -0.2) is 61.2 Å². The van der Waals surface area contributed by atoms with Crippen LogP contribution in [0, 0.1) is 0 Å². The number of amides is 1. The average molecular weight is 452 g/mol. The van der Waals surface area contributed by atoms with Crippen molar-refractivity contribution in [2.75, 3.05) is 27.0 Å². The molecule has 2 aliphatic heterocycles. The fourth-order valence-electron chi connectivity index (χ4n) is 3.98. The molecule has 2 saturated heterocycles. The number of carbonyl (C=O) groups excluding carboxylic acids is 1. The molecule has 4 rings (SSSR count). The second-order valence-corrected chi connectivity index (χ2v) is 7.69. The summed E-state index contributed by atoms with van der Waals surface area (Å²) in [5, 5.41) is 0. The Morgan fingerprint density at radius 3 is 2.78 bits per heavy atom. The largest absolute Gasteiger partial charge is 0.493 e. The lowest BCUT2D eigenvalue weighted by atomic mass is 9.85. The average Bonchev–Trinajstić information content (AvgIpc) is 3.23. The number of fused-ring (bicyclic) bond motifs is 1. The number of halogens is 3. The number of methoxy groups -OCH3 is 1. The molecule has 1 unspecified atom stereocenters. The van der Waals surface area contributed by atoms with E-state index in [1.165, 1.54) is 25.3 Å². The summed E-state index contributed by atoms with van der Waals surface area (Å²) < 4.78 is 60.3. The molecular weight excluding hydrogens is 429 g/mol. The van der Waals surface area contributed by atoms with Crippen molar-refractivity contribution in [3.63, 3.8) is 0 Å². The summed E-state index contributed by atoms with van der Waals surface area (Å²) in [6.45, 7) is 1.71. The number of nitrogens with zero attached hydrogens (tertiary/aromatic N) is 2. The molecule has 0 radical (unpaired) electrons. The van der Waals surface area contributed by atoms with E-state index in [1.54, 1.807) is 11.1 Å². The molecule has 172 valence electrons. The number of aromatic nitrogens is 1. The number of likely N-dealkylation sites (tertiary alicyclic amines) is 1. The Kier molecular flexibility index (Phi) is 6.00. The Labute approximate surface area is 183 Å². The van der Waals surface area contributed by atoms with Gasteiger partial charge in [-0.2, -0.15) is 13.2 Å². The van der Waals surface area contributed by atoms with Crippen LogP contribution in [0.1, 0.15) is 29.4 Å². The van der Waals surface area contributed by atoms with Crippen LogP contribution in [0.5, 0.6) is 11.5 Å². The highest BCUT2D eigenvalue weighted by atomic mass is 19.4. The van der Waals surface area contributed by atoms with Gasteiger partial charge in [0.1, 0.15) is 18.5 Å². The van der Waals surface area contributed by atoms with Crippen LogP contribution in [-0.2, 0) is 15.1 Å². The predicted octanol–water partition coefficient (Wildman–Crippen LogP) is 3.53. The van der Waals surface area contributed by atoms with E-state index in [9.17, 15) is 18.0 Å². The maximum Gasteiger partial charge on any atom is 0.425 e. The van der Waals surface area contributed by atoms with E-state index in [0.717, 1.165) is 12.6 Å². The number of rotatable bonds is 5. The SMILES string of the molecule is COc1cc(C(=O)N2CC[C@]3(c4ccccn4)OCO[C@@H]3C2)ccc1OC(C)C(F)(F)F. The van der Waals surface area contributed by atoms with Gasteiger partial charge in [-0.25, -0.2) is 0 Å². The summed E-state index contributed by atoms with van der Waals surface area (Å²) in [7, 11) is 1.31. The van der Waals surface area contributed by atoms with Crippen molar-refractivity contribution in [3.8, 4) is 11.5 Å². The highest BCUT2D eigenvalue weighted by molar-refractivity contribution is 5.95. The molecule has 0 bridgehead atoms. The Bertz CT molecular complexity index is 972. The number of carbonyl (C=O) groups is 1. The minimum atomic E-state index is -4.52. The fourth-order valence-corrected chi connectivity index (χ4v) is 3.98. The van der Waals surface area contributed by atoms with Crippen LogP contribution in [0.3, 0.4) is 0 Å². The molecule has 3 atom stereocenters. The van der Waals surface area contributed by atoms with Gasteiger partial charge in [0.15, 0.2) is 17.6 Å². The van der Waals surface area contributed by atoms with Crippen LogP contribution < -0.4 is 9.47 Å². The molecule has 1 amide bonds. The topological polar surface area (TPSA) is 70.1 Å². The molecule has 2 fully saturated rings. The van der Waals surface area contributed by atoms with Crippen LogP contribution in [0.4, 0.5) is 13.2 Å². The van der Waals surface area contributed by atoms with Gasteiger partial charge in [-0.1, -0.05) is 6.07 Å². The van der Waals surface area contributed by atoms with Gasteiger partial charge in [0, 0.05) is 24.7 Å². The molecule has 3 heterocycles. The molecule has 0 N–H and O–H groups in total. The van der Waals surface area contributed by atoms with Gasteiger partial charge in [-0.05, 0) is 37.3 Å². The van der Waals surface area contributed by atoms with Crippen LogP contribution in [0.2, 0.25) is 0 Å². The molecule has 0 spiro atoms.